The van der Waals surface area contributed by atoms with Crippen LogP contribution in [0.15, 0.2) is 7.66 Å². The van der Waals surface area contributed by atoms with Gasteiger partial charge in [-0.3, -0.25) is 0 Å². The van der Waals surface area contributed by atoms with Gasteiger partial charge in [0, 0.05) is 0 Å². The van der Waals surface area contributed by atoms with Gasteiger partial charge >= 0.3 is 117 Å². The Bertz CT molecular complexity index is 311. The number of carbonyl (C=O) groups excluding carboxylic acids is 1. The molecule has 2 aliphatic heterocycles. The van der Waals surface area contributed by atoms with Crippen molar-refractivity contribution < 1.29 is 26.0 Å². The van der Waals surface area contributed by atoms with Crippen LogP contribution in [0.3, 0.4) is 0 Å². The van der Waals surface area contributed by atoms with Gasteiger partial charge in [-0.05, 0) is 0 Å². The van der Waals surface area contributed by atoms with Crippen molar-refractivity contribution in [1.82, 2.24) is 0 Å². The predicted molar refractivity (Wildman–Crippen MR) is 73.9 cm³/mol. The van der Waals surface area contributed by atoms with Gasteiger partial charge in [0.05, 0.1) is 0 Å². The molecule has 0 N–H and O–H groups in total. The first-order valence-corrected chi connectivity index (χ1v) is 12.4. The molecule has 0 amide bonds. The van der Waals surface area contributed by atoms with E-state index in [0.29, 0.717) is 11.7 Å². The second kappa shape index (κ2) is 5.67. The summed E-state index contributed by atoms with van der Waals surface area (Å²) in [5, 5.41) is 0. The van der Waals surface area contributed by atoms with Crippen LogP contribution in [-0.4, -0.2) is 18.1 Å². The molecule has 0 radical (unpaired) electrons. The van der Waals surface area contributed by atoms with Gasteiger partial charge < -0.3 is 0 Å². The molecule has 0 aromatic heterocycles. The fraction of sp³-hybridized carbons (Fsp3) is 0.769. The van der Waals surface area contributed by atoms with Crippen molar-refractivity contribution in [2.75, 3.05) is 4.43 Å². The van der Waals surface area contributed by atoms with E-state index in [9.17, 15) is 4.79 Å². The molecule has 16 heavy (non-hydrogen) atoms. The molecule has 2 heterocycles. The van der Waals surface area contributed by atoms with E-state index in [2.05, 4.69) is 24.9 Å². The van der Waals surface area contributed by atoms with Crippen molar-refractivity contribution >= 4 is 25.6 Å². The molecule has 1 saturated heterocycles. The summed E-state index contributed by atoms with van der Waals surface area (Å²) >= 11 is -0.500. The van der Waals surface area contributed by atoms with Gasteiger partial charge in [0.25, 0.3) is 0 Å². The molecule has 2 unspecified atom stereocenters. The molecule has 0 aromatic rings. The monoisotopic (exact) mass is 447 g/mol. The summed E-state index contributed by atoms with van der Waals surface area (Å²) in [6, 6.07) is 0. The standard InChI is InChI=1S/C13H21I2O/c1-4-12-8-15(12)10(3)6-11-5-9(2)13(16)7-14-11/h8-11H,4-7H2,1-3H3/q-1/t9?,10-,11?/m1/s1. The van der Waals surface area contributed by atoms with Crippen LogP contribution in [0.2, 0.25) is 0 Å². The molecule has 0 aliphatic carbocycles. The zero-order chi connectivity index (χ0) is 11.7. The molecule has 3 atom stereocenters. The van der Waals surface area contributed by atoms with Crippen LogP contribution in [0, 0.1) is 5.92 Å². The van der Waals surface area contributed by atoms with Gasteiger partial charge in [-0.2, -0.15) is 0 Å². The molecule has 0 saturated carbocycles. The summed E-state index contributed by atoms with van der Waals surface area (Å²) in [7, 11) is 0. The number of carbonyl (C=O) groups is 1. The van der Waals surface area contributed by atoms with E-state index in [4.69, 9.17) is 0 Å². The number of ketones is 1. The summed E-state index contributed by atoms with van der Waals surface area (Å²) in [5.74, 6) is 0.918. The van der Waals surface area contributed by atoms with Crippen molar-refractivity contribution in [3.8, 4) is 0 Å². The molecule has 2 rings (SSSR count). The Morgan fingerprint density at radius 2 is 2.38 bits per heavy atom. The van der Waals surface area contributed by atoms with Crippen molar-refractivity contribution in [1.29, 1.82) is 0 Å². The van der Waals surface area contributed by atoms with Crippen molar-refractivity contribution in [2.24, 2.45) is 5.92 Å². The second-order valence-electron chi connectivity index (χ2n) is 4.76. The molecule has 94 valence electrons. The Kier molecular flexibility index (Phi) is 4.72. The normalized spacial score (nSPS) is 34.1. The van der Waals surface area contributed by atoms with Gasteiger partial charge in [0.15, 0.2) is 0 Å². The molecule has 0 bridgehead atoms. The molecular weight excluding hydrogens is 426 g/mol. The van der Waals surface area contributed by atoms with Crippen molar-refractivity contribution in [3.05, 3.63) is 7.66 Å². The summed E-state index contributed by atoms with van der Waals surface area (Å²) in [6.45, 7) is 6.90. The van der Waals surface area contributed by atoms with Crippen LogP contribution in [-0.2, 0) is 4.79 Å². The van der Waals surface area contributed by atoms with Crippen LogP contribution < -0.4 is 21.2 Å². The van der Waals surface area contributed by atoms with Gasteiger partial charge in [-0.25, -0.2) is 0 Å². The summed E-state index contributed by atoms with van der Waals surface area (Å²) < 4.78 is 7.33. The number of rotatable bonds is 4. The Hall–Kier alpha value is 0.870. The van der Waals surface area contributed by atoms with E-state index in [1.165, 1.54) is 19.3 Å². The van der Waals surface area contributed by atoms with E-state index in [0.717, 1.165) is 12.3 Å². The third-order valence-electron chi connectivity index (χ3n) is 3.37. The van der Waals surface area contributed by atoms with Crippen LogP contribution >= 0.6 is 19.8 Å². The van der Waals surface area contributed by atoms with Crippen molar-refractivity contribution in [2.45, 2.75) is 47.9 Å². The van der Waals surface area contributed by atoms with Crippen LogP contribution in [0.1, 0.15) is 40.0 Å². The molecule has 3 heteroatoms. The fourth-order valence-corrected chi connectivity index (χ4v) is 13.2. The van der Waals surface area contributed by atoms with E-state index in [1.807, 2.05) is 3.58 Å². The Labute approximate surface area is 116 Å². The number of hydrogen-bond acceptors (Lipinski definition) is 1. The predicted octanol–water partition coefficient (Wildman–Crippen LogP) is 0.603. The average Bonchev–Trinajstić information content (AvgIpc) is 3.02. The zero-order valence-electron chi connectivity index (χ0n) is 10.3. The topological polar surface area (TPSA) is 17.1 Å². The van der Waals surface area contributed by atoms with Gasteiger partial charge in [-0.15, -0.1) is 0 Å². The summed E-state index contributed by atoms with van der Waals surface area (Å²) in [6.07, 6.45) is 3.96. The van der Waals surface area contributed by atoms with E-state index in [1.54, 1.807) is 0 Å². The van der Waals surface area contributed by atoms with Crippen molar-refractivity contribution in [3.63, 3.8) is 0 Å². The first kappa shape index (κ1) is 13.3. The Morgan fingerprint density at radius 3 is 2.94 bits per heavy atom. The van der Waals surface area contributed by atoms with Crippen LogP contribution in [0.5, 0.6) is 0 Å². The summed E-state index contributed by atoms with van der Waals surface area (Å²) in [5.41, 5.74) is 0. The SMILES string of the molecule is CCC1=CI1[C@H](C)CC1CC(C)C(=O)C[I-]1. The third-order valence-corrected chi connectivity index (χ3v) is 13.1. The van der Waals surface area contributed by atoms with E-state index >= 15 is 0 Å². The average molecular weight is 447 g/mol. The first-order chi connectivity index (χ1) is 7.61. The number of halogens is 2. The maximum atomic E-state index is 11.5. The molecule has 1 nitrogen and oxygen atoms in total. The Balaban J connectivity index is 1.76. The number of Topliss-reactive ketones (excluding diaryl/α,β-unsaturated/α-hetero) is 1. The number of alkyl halides is 3. The summed E-state index contributed by atoms with van der Waals surface area (Å²) in [4.78, 5) is 11.5. The third kappa shape index (κ3) is 3.21. The minimum atomic E-state index is -0.683. The molecule has 0 spiro atoms. The quantitative estimate of drug-likeness (QED) is 0.456. The molecule has 0 aromatic carbocycles. The molecular formula is C13H21I2O-. The van der Waals surface area contributed by atoms with Gasteiger partial charge in [0.1, 0.15) is 0 Å². The maximum absolute atomic E-state index is 11.5. The fourth-order valence-electron chi connectivity index (χ4n) is 2.19. The van der Waals surface area contributed by atoms with Crippen LogP contribution in [0.4, 0.5) is 0 Å². The van der Waals surface area contributed by atoms with Gasteiger partial charge in [0.2, 0.25) is 0 Å². The van der Waals surface area contributed by atoms with E-state index in [-0.39, 0.29) is 21.2 Å². The zero-order valence-corrected chi connectivity index (χ0v) is 14.6. The Morgan fingerprint density at radius 1 is 1.62 bits per heavy atom. The minimum absolute atomic E-state index is 0.183. The first-order valence-electron chi connectivity index (χ1n) is 6.09. The molecule has 2 aliphatic rings. The number of hydrogen-bond donors (Lipinski definition) is 0. The van der Waals surface area contributed by atoms with E-state index < -0.39 is 19.8 Å². The number of allylic oxidation sites excluding steroid dienone is 1. The molecule has 1 fully saturated rings. The van der Waals surface area contributed by atoms with Gasteiger partial charge in [-0.1, -0.05) is 0 Å². The second-order valence-corrected chi connectivity index (χ2v) is 14.3. The van der Waals surface area contributed by atoms with Crippen LogP contribution in [0.25, 0.3) is 0 Å².